The average molecular weight is 388 g/mol. The Labute approximate surface area is 164 Å². The Balaban J connectivity index is 1.71. The van der Waals surface area contributed by atoms with E-state index in [9.17, 15) is 9.90 Å². The molecule has 0 amide bonds. The van der Waals surface area contributed by atoms with Crippen LogP contribution in [0.4, 0.5) is 0 Å². The zero-order valence-corrected chi connectivity index (χ0v) is 16.4. The number of aromatic amines is 1. The number of carbonyl (C=O) groups is 1. The largest absolute Gasteiger partial charge is 0.481 e. The topological polar surface area (TPSA) is 110 Å². The van der Waals surface area contributed by atoms with Crippen molar-refractivity contribution in [1.29, 1.82) is 0 Å². The second-order valence-electron chi connectivity index (χ2n) is 7.74. The van der Waals surface area contributed by atoms with E-state index in [1.165, 1.54) is 6.42 Å². The molecule has 0 fully saturated rings. The van der Waals surface area contributed by atoms with Crippen molar-refractivity contribution < 1.29 is 19.4 Å². The second kappa shape index (κ2) is 9.52. The maximum absolute atomic E-state index is 12.1. The number of tetrazole rings is 1. The lowest BCUT2D eigenvalue weighted by Gasteiger charge is -2.21. The van der Waals surface area contributed by atoms with Gasteiger partial charge < -0.3 is 14.6 Å². The summed E-state index contributed by atoms with van der Waals surface area (Å²) in [6, 6.07) is 5.69. The smallest absolute Gasteiger partial charge is 0.307 e. The van der Waals surface area contributed by atoms with Gasteiger partial charge in [0.2, 0.25) is 6.79 Å². The van der Waals surface area contributed by atoms with Crippen molar-refractivity contribution in [2.75, 3.05) is 6.79 Å². The molecule has 1 aliphatic heterocycles. The normalized spacial score (nSPS) is 15.0. The number of hydrogen-bond donors (Lipinski definition) is 2. The van der Waals surface area contributed by atoms with Gasteiger partial charge in [-0.05, 0) is 36.5 Å². The van der Waals surface area contributed by atoms with E-state index < -0.39 is 11.9 Å². The van der Waals surface area contributed by atoms with E-state index in [2.05, 4.69) is 34.5 Å². The summed E-state index contributed by atoms with van der Waals surface area (Å²) in [4.78, 5) is 12.1. The highest BCUT2D eigenvalue weighted by Gasteiger charge is 2.32. The first-order valence-corrected chi connectivity index (χ1v) is 9.89. The summed E-state index contributed by atoms with van der Waals surface area (Å²) < 4.78 is 10.8. The van der Waals surface area contributed by atoms with Crippen LogP contribution in [-0.2, 0) is 11.2 Å². The number of carboxylic acid groups (broad SMARTS) is 1. The molecule has 2 N–H and O–H groups in total. The van der Waals surface area contributed by atoms with Crippen LogP contribution >= 0.6 is 0 Å². The maximum atomic E-state index is 12.1. The fraction of sp³-hybridized carbons (Fsp3) is 0.600. The van der Waals surface area contributed by atoms with Crippen LogP contribution < -0.4 is 9.47 Å². The van der Waals surface area contributed by atoms with E-state index in [0.29, 0.717) is 36.1 Å². The molecule has 0 aliphatic carbocycles. The highest BCUT2D eigenvalue weighted by molar-refractivity contribution is 5.71. The van der Waals surface area contributed by atoms with Gasteiger partial charge in [-0.15, -0.1) is 10.2 Å². The van der Waals surface area contributed by atoms with Crippen LogP contribution in [0.3, 0.4) is 0 Å². The summed E-state index contributed by atoms with van der Waals surface area (Å²) >= 11 is 0. The lowest BCUT2D eigenvalue weighted by molar-refractivity contribution is -0.143. The van der Waals surface area contributed by atoms with Crippen LogP contribution in [0.5, 0.6) is 11.5 Å². The van der Waals surface area contributed by atoms with Crippen molar-refractivity contribution >= 4 is 5.97 Å². The number of benzene rings is 1. The van der Waals surface area contributed by atoms with Gasteiger partial charge in [0.15, 0.2) is 17.3 Å². The lowest BCUT2D eigenvalue weighted by atomic mass is 9.82. The molecule has 1 aromatic carbocycles. The molecule has 0 bridgehead atoms. The van der Waals surface area contributed by atoms with Crippen LogP contribution in [0.2, 0.25) is 0 Å². The van der Waals surface area contributed by atoms with Crippen LogP contribution in [-0.4, -0.2) is 38.5 Å². The molecule has 0 saturated heterocycles. The Kier molecular flexibility index (Phi) is 6.84. The van der Waals surface area contributed by atoms with Gasteiger partial charge >= 0.3 is 5.97 Å². The number of nitrogens with one attached hydrogen (secondary N) is 1. The van der Waals surface area contributed by atoms with Gasteiger partial charge in [-0.1, -0.05) is 50.8 Å². The van der Waals surface area contributed by atoms with Gasteiger partial charge in [0.25, 0.3) is 0 Å². The number of ether oxygens (including phenoxy) is 2. The second-order valence-corrected chi connectivity index (χ2v) is 7.74. The minimum absolute atomic E-state index is 0.210. The molecular formula is C20H28N4O4. The molecule has 2 unspecified atom stereocenters. The molecule has 28 heavy (non-hydrogen) atoms. The van der Waals surface area contributed by atoms with Crippen molar-refractivity contribution in [3.8, 4) is 11.5 Å². The van der Waals surface area contributed by atoms with E-state index in [1.807, 2.05) is 18.2 Å². The van der Waals surface area contributed by atoms with Gasteiger partial charge in [-0.2, -0.15) is 5.21 Å². The standard InChI is InChI=1S/C20H28N4O4/c1-13(2)6-4-3-5-7-15(20(25)26)16(19-21-23-24-22-19)10-14-8-9-17-18(11-14)28-12-27-17/h8-9,11,13,15-16H,3-7,10,12H2,1-2H3,(H,25,26)(H,21,22,23,24). The Hall–Kier alpha value is -2.64. The Morgan fingerprint density at radius 2 is 1.96 bits per heavy atom. The fourth-order valence-corrected chi connectivity index (χ4v) is 3.65. The van der Waals surface area contributed by atoms with Gasteiger partial charge in [0.1, 0.15) is 0 Å². The summed E-state index contributed by atoms with van der Waals surface area (Å²) in [6.45, 7) is 4.62. The van der Waals surface area contributed by atoms with E-state index in [1.54, 1.807) is 0 Å². The molecule has 0 spiro atoms. The van der Waals surface area contributed by atoms with Crippen LogP contribution in [0.25, 0.3) is 0 Å². The zero-order chi connectivity index (χ0) is 19.9. The molecule has 2 heterocycles. The molecule has 8 heteroatoms. The highest BCUT2D eigenvalue weighted by Crippen LogP contribution is 2.36. The first kappa shape index (κ1) is 20.1. The molecule has 3 rings (SSSR count). The molecule has 0 saturated carbocycles. The summed E-state index contributed by atoms with van der Waals surface area (Å²) in [7, 11) is 0. The number of hydrogen-bond acceptors (Lipinski definition) is 6. The third kappa shape index (κ3) is 5.21. The van der Waals surface area contributed by atoms with E-state index in [0.717, 1.165) is 24.8 Å². The summed E-state index contributed by atoms with van der Waals surface area (Å²) in [5, 5.41) is 24.2. The molecule has 2 aromatic rings. The number of aromatic nitrogens is 4. The van der Waals surface area contributed by atoms with Crippen LogP contribution in [0.1, 0.15) is 63.3 Å². The Morgan fingerprint density at radius 1 is 1.18 bits per heavy atom. The summed E-state index contributed by atoms with van der Waals surface area (Å²) in [5.41, 5.74) is 0.963. The number of aliphatic carboxylic acids is 1. The third-order valence-electron chi connectivity index (χ3n) is 5.19. The predicted octanol–water partition coefficient (Wildman–Crippen LogP) is 3.56. The molecule has 0 radical (unpaired) electrons. The van der Waals surface area contributed by atoms with Crippen molar-refractivity contribution in [3.63, 3.8) is 0 Å². The van der Waals surface area contributed by atoms with Crippen LogP contribution in [0, 0.1) is 11.8 Å². The SMILES string of the molecule is CC(C)CCCCCC(C(=O)O)C(Cc1ccc2c(c1)OCO2)c1nn[nH]n1. The van der Waals surface area contributed by atoms with Crippen LogP contribution in [0.15, 0.2) is 18.2 Å². The quantitative estimate of drug-likeness (QED) is 0.566. The Bertz CT molecular complexity index is 764. The number of unbranched alkanes of at least 4 members (excludes halogenated alkanes) is 2. The number of nitrogens with zero attached hydrogens (tertiary/aromatic N) is 3. The van der Waals surface area contributed by atoms with E-state index in [4.69, 9.17) is 9.47 Å². The number of fused-ring (bicyclic) bond motifs is 1. The molecule has 1 aliphatic rings. The number of carboxylic acids is 1. The van der Waals surface area contributed by atoms with Crippen molar-refractivity contribution in [3.05, 3.63) is 29.6 Å². The molecular weight excluding hydrogens is 360 g/mol. The lowest BCUT2D eigenvalue weighted by Crippen LogP contribution is -2.25. The summed E-state index contributed by atoms with van der Waals surface area (Å²) in [6.07, 6.45) is 5.29. The molecule has 152 valence electrons. The Morgan fingerprint density at radius 3 is 2.68 bits per heavy atom. The minimum atomic E-state index is -0.820. The number of H-pyrrole nitrogens is 1. The summed E-state index contributed by atoms with van der Waals surface area (Å²) in [5.74, 6) is 0.758. The van der Waals surface area contributed by atoms with Crippen molar-refractivity contribution in [2.24, 2.45) is 11.8 Å². The zero-order valence-electron chi connectivity index (χ0n) is 16.4. The van der Waals surface area contributed by atoms with Crippen molar-refractivity contribution in [2.45, 2.75) is 58.3 Å². The third-order valence-corrected chi connectivity index (χ3v) is 5.19. The molecule has 8 nitrogen and oxygen atoms in total. The number of rotatable bonds is 11. The average Bonchev–Trinajstić information content (AvgIpc) is 3.33. The minimum Gasteiger partial charge on any atom is -0.481 e. The van der Waals surface area contributed by atoms with E-state index >= 15 is 0 Å². The monoisotopic (exact) mass is 388 g/mol. The highest BCUT2D eigenvalue weighted by atomic mass is 16.7. The van der Waals surface area contributed by atoms with Crippen molar-refractivity contribution in [1.82, 2.24) is 20.6 Å². The molecule has 2 atom stereocenters. The van der Waals surface area contributed by atoms with Gasteiger partial charge in [0, 0.05) is 5.92 Å². The van der Waals surface area contributed by atoms with Gasteiger partial charge in [0.05, 0.1) is 5.92 Å². The fourth-order valence-electron chi connectivity index (χ4n) is 3.65. The molecule has 1 aromatic heterocycles. The maximum Gasteiger partial charge on any atom is 0.307 e. The van der Waals surface area contributed by atoms with Gasteiger partial charge in [-0.3, -0.25) is 4.79 Å². The first-order chi connectivity index (χ1) is 13.5. The van der Waals surface area contributed by atoms with E-state index in [-0.39, 0.29) is 12.7 Å². The first-order valence-electron chi connectivity index (χ1n) is 9.89. The predicted molar refractivity (Wildman–Crippen MR) is 102 cm³/mol. The van der Waals surface area contributed by atoms with Gasteiger partial charge in [-0.25, -0.2) is 0 Å².